The molecular weight excluding hydrogens is 338 g/mol. The Balaban J connectivity index is 2.09. The van der Waals surface area contributed by atoms with Crippen molar-refractivity contribution < 1.29 is 22.0 Å². The van der Waals surface area contributed by atoms with Crippen LogP contribution in [-0.2, 0) is 20.2 Å². The molecule has 0 radical (unpaired) electrons. The maximum absolute atomic E-state index is 12.9. The van der Waals surface area contributed by atoms with Crippen molar-refractivity contribution in [3.05, 3.63) is 35.9 Å². The van der Waals surface area contributed by atoms with Gasteiger partial charge in [0, 0.05) is 19.0 Å². The molecule has 1 fully saturated rings. The van der Waals surface area contributed by atoms with Crippen LogP contribution >= 0.6 is 0 Å². The molecule has 134 valence electrons. The van der Waals surface area contributed by atoms with Crippen molar-refractivity contribution in [1.82, 2.24) is 9.80 Å². The van der Waals surface area contributed by atoms with Crippen molar-refractivity contribution in [3.63, 3.8) is 0 Å². The van der Waals surface area contributed by atoms with Crippen molar-refractivity contribution >= 4 is 15.7 Å². The summed E-state index contributed by atoms with van der Waals surface area (Å²) in [6.07, 6.45) is 0. The van der Waals surface area contributed by atoms with Crippen LogP contribution < -0.4 is 0 Å². The minimum atomic E-state index is -4.39. The van der Waals surface area contributed by atoms with E-state index in [9.17, 15) is 22.0 Å². The van der Waals surface area contributed by atoms with E-state index in [0.717, 1.165) is 5.56 Å². The predicted molar refractivity (Wildman–Crippen MR) is 87.3 cm³/mol. The van der Waals surface area contributed by atoms with E-state index in [-0.39, 0.29) is 19.0 Å². The smallest absolute Gasteiger partial charge is 0.336 e. The third kappa shape index (κ3) is 3.44. The van der Waals surface area contributed by atoms with Gasteiger partial charge < -0.3 is 4.90 Å². The summed E-state index contributed by atoms with van der Waals surface area (Å²) in [5.74, 6) is -4.54. The summed E-state index contributed by atoms with van der Waals surface area (Å²) in [5, 5.41) is 0. The zero-order chi connectivity index (χ0) is 18.1. The van der Waals surface area contributed by atoms with E-state index in [0.29, 0.717) is 0 Å². The first-order valence-corrected chi connectivity index (χ1v) is 9.32. The zero-order valence-electron chi connectivity index (χ0n) is 13.9. The van der Waals surface area contributed by atoms with Gasteiger partial charge in [-0.2, -0.15) is 8.78 Å². The molecule has 1 atom stereocenters. The number of hydrogen-bond acceptors (Lipinski definition) is 4. The Morgan fingerprint density at radius 2 is 1.83 bits per heavy atom. The predicted octanol–water partition coefficient (Wildman–Crippen LogP) is 1.56. The van der Waals surface area contributed by atoms with Gasteiger partial charge in [0.05, 0.1) is 5.75 Å². The second kappa shape index (κ2) is 6.76. The normalized spacial score (nSPS) is 18.5. The quantitative estimate of drug-likeness (QED) is 0.773. The van der Waals surface area contributed by atoms with Crippen LogP contribution in [0.4, 0.5) is 8.78 Å². The Morgan fingerprint density at radius 3 is 2.29 bits per heavy atom. The van der Waals surface area contributed by atoms with Crippen LogP contribution in [-0.4, -0.2) is 62.8 Å². The summed E-state index contributed by atoms with van der Waals surface area (Å²) in [6.45, 7) is 2.16. The first-order valence-electron chi connectivity index (χ1n) is 7.61. The Bertz CT molecular complexity index is 689. The largest absolute Gasteiger partial charge is 0.340 e. The van der Waals surface area contributed by atoms with Crippen LogP contribution in [0.2, 0.25) is 0 Å². The number of amides is 1. The number of sulfone groups is 1. The number of carbonyl (C=O) groups is 1. The molecule has 0 bridgehead atoms. The molecule has 0 aliphatic carbocycles. The van der Waals surface area contributed by atoms with E-state index >= 15 is 0 Å². The number of benzene rings is 1. The van der Waals surface area contributed by atoms with E-state index in [1.54, 1.807) is 25.9 Å². The second-order valence-electron chi connectivity index (χ2n) is 6.50. The van der Waals surface area contributed by atoms with E-state index in [2.05, 4.69) is 0 Å². The lowest BCUT2D eigenvalue weighted by Crippen LogP contribution is -2.61. The molecule has 1 amide bonds. The molecule has 0 aromatic heterocycles. The van der Waals surface area contributed by atoms with Gasteiger partial charge in [0.15, 0.2) is 0 Å². The molecule has 8 heteroatoms. The van der Waals surface area contributed by atoms with Crippen LogP contribution in [0.3, 0.4) is 0 Å². The molecule has 1 saturated heterocycles. The highest BCUT2D eigenvalue weighted by molar-refractivity contribution is 7.91. The minimum absolute atomic E-state index is 0.163. The average Bonchev–Trinajstić information content (AvgIpc) is 2.49. The summed E-state index contributed by atoms with van der Waals surface area (Å²) in [4.78, 5) is 16.2. The first kappa shape index (κ1) is 18.8. The van der Waals surface area contributed by atoms with Gasteiger partial charge in [-0.25, -0.2) is 8.42 Å². The molecule has 1 unspecified atom stereocenters. The van der Waals surface area contributed by atoms with Gasteiger partial charge >= 0.3 is 5.76 Å². The Hall–Kier alpha value is -1.54. The first-order chi connectivity index (χ1) is 11.1. The summed E-state index contributed by atoms with van der Waals surface area (Å²) in [7, 11) is -0.803. The summed E-state index contributed by atoms with van der Waals surface area (Å²) >= 11 is 0. The minimum Gasteiger partial charge on any atom is -0.340 e. The van der Waals surface area contributed by atoms with Crippen molar-refractivity contribution in [3.8, 4) is 0 Å². The van der Waals surface area contributed by atoms with Crippen LogP contribution in [0.15, 0.2) is 30.3 Å². The summed E-state index contributed by atoms with van der Waals surface area (Å²) < 4.78 is 47.4. The third-order valence-electron chi connectivity index (χ3n) is 4.63. The number of rotatable bonds is 6. The maximum atomic E-state index is 12.9. The number of halogens is 2. The van der Waals surface area contributed by atoms with E-state index in [1.807, 2.05) is 30.3 Å². The van der Waals surface area contributed by atoms with E-state index in [1.165, 1.54) is 4.90 Å². The van der Waals surface area contributed by atoms with Gasteiger partial charge in [0.1, 0.15) is 5.54 Å². The molecule has 1 aromatic rings. The number of carbonyl (C=O) groups excluding carboxylic acids is 1. The Kier molecular flexibility index (Phi) is 5.29. The molecule has 0 spiro atoms. The fourth-order valence-corrected chi connectivity index (χ4v) is 3.90. The molecule has 0 saturated carbocycles. The fourth-order valence-electron chi connectivity index (χ4n) is 2.89. The highest BCUT2D eigenvalue weighted by Gasteiger charge is 2.45. The molecular formula is C16H22F2N2O3S. The highest BCUT2D eigenvalue weighted by atomic mass is 32.2. The summed E-state index contributed by atoms with van der Waals surface area (Å²) in [5.41, 5.74) is -0.0722. The standard InChI is InChI=1S/C16H22F2N2O3S/c1-16(19(2)3,13-7-5-4-6-8-13)14(21)20-9-12(10-20)11-24(22,23)15(17)18/h4-8,12,15H,9-11H2,1-3H3. The SMILES string of the molecule is CN(C)C(C)(C(=O)N1CC(CS(=O)(=O)C(F)F)C1)c1ccccc1. The topological polar surface area (TPSA) is 57.7 Å². The van der Waals surface area contributed by atoms with Crippen LogP contribution in [0, 0.1) is 5.92 Å². The van der Waals surface area contributed by atoms with Gasteiger partial charge in [0.25, 0.3) is 0 Å². The van der Waals surface area contributed by atoms with Crippen molar-refractivity contribution in [2.24, 2.45) is 5.92 Å². The van der Waals surface area contributed by atoms with Crippen LogP contribution in [0.25, 0.3) is 0 Å². The molecule has 1 heterocycles. The van der Waals surface area contributed by atoms with Gasteiger partial charge in [-0.15, -0.1) is 0 Å². The van der Waals surface area contributed by atoms with Gasteiger partial charge in [-0.3, -0.25) is 9.69 Å². The third-order valence-corrected chi connectivity index (χ3v) is 6.11. The van der Waals surface area contributed by atoms with Crippen LogP contribution in [0.5, 0.6) is 0 Å². The molecule has 1 aromatic carbocycles. The zero-order valence-corrected chi connectivity index (χ0v) is 14.8. The Labute approximate surface area is 141 Å². The highest BCUT2D eigenvalue weighted by Crippen LogP contribution is 2.32. The average molecular weight is 360 g/mol. The number of likely N-dealkylation sites (tertiary alicyclic amines) is 1. The van der Waals surface area contributed by atoms with Gasteiger partial charge in [0.2, 0.25) is 15.7 Å². The van der Waals surface area contributed by atoms with E-state index in [4.69, 9.17) is 0 Å². The molecule has 1 aliphatic heterocycles. The number of nitrogens with zero attached hydrogens (tertiary/aromatic N) is 2. The molecule has 5 nitrogen and oxygen atoms in total. The van der Waals surface area contributed by atoms with Crippen molar-refractivity contribution in [2.45, 2.75) is 18.2 Å². The second-order valence-corrected chi connectivity index (χ2v) is 8.51. The lowest BCUT2D eigenvalue weighted by Gasteiger charge is -2.46. The number of alkyl halides is 2. The van der Waals surface area contributed by atoms with Crippen molar-refractivity contribution in [2.75, 3.05) is 32.9 Å². The van der Waals surface area contributed by atoms with E-state index < -0.39 is 32.8 Å². The molecule has 1 aliphatic rings. The van der Waals surface area contributed by atoms with Crippen LogP contribution in [0.1, 0.15) is 12.5 Å². The molecule has 2 rings (SSSR count). The van der Waals surface area contributed by atoms with Gasteiger partial charge in [-0.1, -0.05) is 30.3 Å². The molecule has 24 heavy (non-hydrogen) atoms. The van der Waals surface area contributed by atoms with Crippen molar-refractivity contribution in [1.29, 1.82) is 0 Å². The lowest BCUT2D eigenvalue weighted by molar-refractivity contribution is -0.149. The fraction of sp³-hybridized carbons (Fsp3) is 0.562. The van der Waals surface area contributed by atoms with Gasteiger partial charge in [-0.05, 0) is 26.6 Å². The number of hydrogen-bond donors (Lipinski definition) is 0. The maximum Gasteiger partial charge on any atom is 0.336 e. The number of likely N-dealkylation sites (N-methyl/N-ethyl adjacent to an activating group) is 1. The summed E-state index contributed by atoms with van der Waals surface area (Å²) in [6, 6.07) is 9.27. The lowest BCUT2D eigenvalue weighted by atomic mass is 9.87. The Morgan fingerprint density at radius 1 is 1.29 bits per heavy atom. The molecule has 0 N–H and O–H groups in total. The monoisotopic (exact) mass is 360 g/mol.